The van der Waals surface area contributed by atoms with Crippen molar-refractivity contribution < 1.29 is 17.7 Å². The van der Waals surface area contributed by atoms with E-state index in [2.05, 4.69) is 4.72 Å². The van der Waals surface area contributed by atoms with Crippen LogP contribution in [0.2, 0.25) is 0 Å². The maximum Gasteiger partial charge on any atom is 0.324 e. The van der Waals surface area contributed by atoms with E-state index in [1.54, 1.807) is 0 Å². The number of nitrogens with two attached hydrogens (primary N) is 1. The van der Waals surface area contributed by atoms with E-state index in [1.807, 2.05) is 6.92 Å². The molecule has 0 spiro atoms. The van der Waals surface area contributed by atoms with Gasteiger partial charge in [-0.05, 0) is 18.6 Å². The monoisotopic (exact) mass is 305 g/mol. The number of nitro benzene ring substituents is 1. The first-order valence-electron chi connectivity index (χ1n) is 5.98. The fourth-order valence-electron chi connectivity index (χ4n) is 1.75. The number of hydrogen-bond donors (Lipinski definition) is 2. The number of halogens is 1. The van der Waals surface area contributed by atoms with Crippen molar-refractivity contribution >= 4 is 15.7 Å². The zero-order valence-electron chi connectivity index (χ0n) is 10.9. The summed E-state index contributed by atoms with van der Waals surface area (Å²) in [5, 5.41) is 10.8. The summed E-state index contributed by atoms with van der Waals surface area (Å²) in [7, 11) is -4.20. The molecule has 0 heterocycles. The van der Waals surface area contributed by atoms with Crippen molar-refractivity contribution in [2.45, 2.75) is 30.7 Å². The van der Waals surface area contributed by atoms with Crippen molar-refractivity contribution in [1.29, 1.82) is 0 Å². The highest BCUT2D eigenvalue weighted by Crippen LogP contribution is 2.26. The van der Waals surface area contributed by atoms with Gasteiger partial charge in [0, 0.05) is 12.6 Å². The van der Waals surface area contributed by atoms with Crippen molar-refractivity contribution in [3.63, 3.8) is 0 Å². The zero-order chi connectivity index (χ0) is 15.3. The third-order valence-electron chi connectivity index (χ3n) is 2.67. The molecule has 0 aliphatic rings. The molecule has 20 heavy (non-hydrogen) atoms. The van der Waals surface area contributed by atoms with Gasteiger partial charge in [-0.2, -0.15) is 4.39 Å². The molecule has 0 aliphatic carbocycles. The molecule has 1 atom stereocenters. The Morgan fingerprint density at radius 1 is 1.50 bits per heavy atom. The predicted octanol–water partition coefficient (Wildman–Crippen LogP) is 1.14. The van der Waals surface area contributed by atoms with Crippen LogP contribution in [0.15, 0.2) is 23.1 Å². The van der Waals surface area contributed by atoms with E-state index >= 15 is 0 Å². The molecule has 1 rings (SSSR count). The minimum atomic E-state index is -4.20. The Morgan fingerprint density at radius 3 is 2.65 bits per heavy atom. The minimum Gasteiger partial charge on any atom is -0.329 e. The normalized spacial score (nSPS) is 13.2. The summed E-state index contributed by atoms with van der Waals surface area (Å²) in [6.45, 7) is 1.90. The summed E-state index contributed by atoms with van der Waals surface area (Å²) in [6, 6.07) is 2.38. The Labute approximate surface area is 116 Å². The molecule has 0 amide bonds. The van der Waals surface area contributed by atoms with E-state index < -0.39 is 37.4 Å². The van der Waals surface area contributed by atoms with Crippen molar-refractivity contribution in [3.8, 4) is 0 Å². The Morgan fingerprint density at radius 2 is 2.15 bits per heavy atom. The molecule has 1 aromatic rings. The molecule has 0 aromatic heterocycles. The first-order valence-corrected chi connectivity index (χ1v) is 7.47. The Balaban J connectivity index is 3.22. The average Bonchev–Trinajstić information content (AvgIpc) is 2.37. The Bertz CT molecular complexity index is 591. The van der Waals surface area contributed by atoms with Crippen LogP contribution >= 0.6 is 0 Å². The number of hydrogen-bond acceptors (Lipinski definition) is 5. The van der Waals surface area contributed by atoms with Crippen LogP contribution in [0, 0.1) is 15.9 Å². The van der Waals surface area contributed by atoms with E-state index in [4.69, 9.17) is 5.73 Å². The van der Waals surface area contributed by atoms with E-state index in [0.717, 1.165) is 18.2 Å². The Kier molecular flexibility index (Phi) is 5.54. The van der Waals surface area contributed by atoms with Gasteiger partial charge in [0.05, 0.1) is 4.92 Å². The van der Waals surface area contributed by atoms with Crippen LogP contribution in [0.3, 0.4) is 0 Å². The largest absolute Gasteiger partial charge is 0.329 e. The lowest BCUT2D eigenvalue weighted by atomic mass is 10.2. The van der Waals surface area contributed by atoms with Gasteiger partial charge >= 0.3 is 5.69 Å². The van der Waals surface area contributed by atoms with Gasteiger partial charge in [-0.25, -0.2) is 13.1 Å². The number of rotatable bonds is 7. The smallest absolute Gasteiger partial charge is 0.324 e. The van der Waals surface area contributed by atoms with Gasteiger partial charge in [0.15, 0.2) is 4.90 Å². The molecule has 1 aromatic carbocycles. The summed E-state index contributed by atoms with van der Waals surface area (Å²) in [5.41, 5.74) is 4.37. The van der Waals surface area contributed by atoms with Gasteiger partial charge in [-0.3, -0.25) is 10.1 Å². The van der Waals surface area contributed by atoms with Crippen LogP contribution in [-0.2, 0) is 10.0 Å². The van der Waals surface area contributed by atoms with Crippen molar-refractivity contribution in [3.05, 3.63) is 34.1 Å². The van der Waals surface area contributed by atoms with Gasteiger partial charge in [-0.15, -0.1) is 0 Å². The van der Waals surface area contributed by atoms with Gasteiger partial charge in [0.25, 0.3) is 0 Å². The van der Waals surface area contributed by atoms with Crippen LogP contribution < -0.4 is 10.5 Å². The fourth-order valence-corrected chi connectivity index (χ4v) is 3.21. The van der Waals surface area contributed by atoms with Crippen molar-refractivity contribution in [2.75, 3.05) is 6.54 Å². The highest BCUT2D eigenvalue weighted by molar-refractivity contribution is 7.89. The van der Waals surface area contributed by atoms with E-state index in [-0.39, 0.29) is 6.54 Å². The second-order valence-electron chi connectivity index (χ2n) is 4.19. The number of benzene rings is 1. The molecule has 0 saturated carbocycles. The van der Waals surface area contributed by atoms with Crippen molar-refractivity contribution in [2.24, 2.45) is 5.73 Å². The maximum absolute atomic E-state index is 13.4. The lowest BCUT2D eigenvalue weighted by Gasteiger charge is -2.16. The number of nitro groups is 1. The van der Waals surface area contributed by atoms with E-state index in [1.165, 1.54) is 0 Å². The van der Waals surface area contributed by atoms with E-state index in [9.17, 15) is 22.9 Å². The van der Waals surface area contributed by atoms with E-state index in [0.29, 0.717) is 12.8 Å². The molecular formula is C11H16FN3O4S. The molecule has 0 aliphatic heterocycles. The highest BCUT2D eigenvalue weighted by Gasteiger charge is 2.30. The summed E-state index contributed by atoms with van der Waals surface area (Å²) in [4.78, 5) is 9.07. The molecule has 3 N–H and O–H groups in total. The summed E-state index contributed by atoms with van der Waals surface area (Å²) in [5.74, 6) is -1.20. The van der Waals surface area contributed by atoms with Gasteiger partial charge in [-0.1, -0.05) is 19.4 Å². The average molecular weight is 305 g/mol. The highest BCUT2D eigenvalue weighted by atomic mass is 32.2. The predicted molar refractivity (Wildman–Crippen MR) is 71.1 cm³/mol. The van der Waals surface area contributed by atoms with Gasteiger partial charge in [0.1, 0.15) is 0 Å². The van der Waals surface area contributed by atoms with Crippen LogP contribution in [-0.4, -0.2) is 25.9 Å². The lowest BCUT2D eigenvalue weighted by Crippen LogP contribution is -2.40. The summed E-state index contributed by atoms with van der Waals surface area (Å²) >= 11 is 0. The molecule has 1 unspecified atom stereocenters. The molecular weight excluding hydrogens is 289 g/mol. The second-order valence-corrected chi connectivity index (χ2v) is 5.87. The van der Waals surface area contributed by atoms with Crippen LogP contribution in [0.5, 0.6) is 0 Å². The Hall–Kier alpha value is -1.58. The van der Waals surface area contributed by atoms with Crippen LogP contribution in [0.1, 0.15) is 19.8 Å². The molecule has 7 nitrogen and oxygen atoms in total. The topological polar surface area (TPSA) is 115 Å². The van der Waals surface area contributed by atoms with Crippen LogP contribution in [0.4, 0.5) is 10.1 Å². The molecule has 0 radical (unpaired) electrons. The number of para-hydroxylation sites is 1. The number of nitrogens with one attached hydrogen (secondary N) is 1. The molecule has 0 fully saturated rings. The lowest BCUT2D eigenvalue weighted by molar-refractivity contribution is -0.390. The van der Waals surface area contributed by atoms with Crippen molar-refractivity contribution in [1.82, 2.24) is 4.72 Å². The first kappa shape index (κ1) is 16.5. The third kappa shape index (κ3) is 3.71. The maximum atomic E-state index is 13.4. The summed E-state index contributed by atoms with van der Waals surface area (Å²) < 4.78 is 39.9. The van der Waals surface area contributed by atoms with Gasteiger partial charge in [0.2, 0.25) is 15.8 Å². The zero-order valence-corrected chi connectivity index (χ0v) is 11.7. The number of sulfonamides is 1. The standard InChI is InChI=1S/C11H16FN3O4S/c1-2-4-8(7-13)14-20(18,19)10-6-3-5-9(12)11(10)15(16)17/h3,5-6,8,14H,2,4,7,13H2,1H3. The quantitative estimate of drug-likeness (QED) is 0.579. The van der Waals surface area contributed by atoms with Crippen LogP contribution in [0.25, 0.3) is 0 Å². The first-order chi connectivity index (χ1) is 9.33. The second kappa shape index (κ2) is 6.73. The minimum absolute atomic E-state index is 0.0518. The SMILES string of the molecule is CCCC(CN)NS(=O)(=O)c1cccc(F)c1[N+](=O)[O-]. The van der Waals surface area contributed by atoms with Gasteiger partial charge < -0.3 is 5.73 Å². The summed E-state index contributed by atoms with van der Waals surface area (Å²) in [6.07, 6.45) is 1.18. The fraction of sp³-hybridized carbons (Fsp3) is 0.455. The molecule has 0 saturated heterocycles. The third-order valence-corrected chi connectivity index (χ3v) is 4.22. The molecule has 9 heteroatoms. The molecule has 0 bridgehead atoms. The number of nitrogens with zero attached hydrogens (tertiary/aromatic N) is 1. The molecule has 112 valence electrons.